The number of guanidine groups is 1. The van der Waals surface area contributed by atoms with Gasteiger partial charge in [0, 0.05) is 20.3 Å². The number of nitrogens with zero attached hydrogens (tertiary/aromatic N) is 3. The second kappa shape index (κ2) is 5.16. The Labute approximate surface area is 91.9 Å². The Bertz CT molecular complexity index is 271. The van der Waals surface area contributed by atoms with Crippen molar-refractivity contribution in [1.82, 2.24) is 9.96 Å². The van der Waals surface area contributed by atoms with Gasteiger partial charge in [0.2, 0.25) is 5.96 Å². The van der Waals surface area contributed by atoms with E-state index in [4.69, 9.17) is 0 Å². The summed E-state index contributed by atoms with van der Waals surface area (Å²) in [7, 11) is 3.75. The molecule has 0 fully saturated rings. The third-order valence-electron chi connectivity index (χ3n) is 2.67. The molecule has 0 aliphatic carbocycles. The third-order valence-corrected chi connectivity index (χ3v) is 2.67. The largest absolute Gasteiger partial charge is 0.347 e. The molecule has 4 nitrogen and oxygen atoms in total. The highest BCUT2D eigenvalue weighted by Crippen LogP contribution is 2.20. The van der Waals surface area contributed by atoms with Crippen LogP contribution in [0.3, 0.4) is 0 Å². The second-order valence-electron chi connectivity index (χ2n) is 4.15. The Hall–Kier alpha value is -1.03. The maximum absolute atomic E-state index is 9.90. The molecule has 0 bridgehead atoms. The molecule has 1 heterocycles. The molecule has 0 amide bonds. The van der Waals surface area contributed by atoms with Gasteiger partial charge in [0.15, 0.2) is 0 Å². The highest BCUT2D eigenvalue weighted by Gasteiger charge is 2.24. The van der Waals surface area contributed by atoms with Crippen LogP contribution in [0.25, 0.3) is 0 Å². The van der Waals surface area contributed by atoms with Gasteiger partial charge in [0.05, 0.1) is 6.04 Å². The Morgan fingerprint density at radius 2 is 2.20 bits per heavy atom. The zero-order valence-electron chi connectivity index (χ0n) is 10.1. The Balaban J connectivity index is 2.75. The molecule has 1 unspecified atom stereocenters. The van der Waals surface area contributed by atoms with Crippen molar-refractivity contribution in [2.75, 3.05) is 14.1 Å². The number of unbranched alkanes of at least 4 members (excludes halogenated alkanes) is 1. The Morgan fingerprint density at radius 1 is 1.53 bits per heavy atom. The quantitative estimate of drug-likeness (QED) is 0.776. The summed E-state index contributed by atoms with van der Waals surface area (Å²) >= 11 is 0. The van der Waals surface area contributed by atoms with Crippen LogP contribution in [0.15, 0.2) is 16.8 Å². The molecule has 1 aliphatic rings. The predicted octanol–water partition coefficient (Wildman–Crippen LogP) is 2.07. The lowest BCUT2D eigenvalue weighted by Gasteiger charge is -2.33. The number of rotatable bonds is 3. The van der Waals surface area contributed by atoms with Gasteiger partial charge in [-0.3, -0.25) is 5.21 Å². The summed E-state index contributed by atoms with van der Waals surface area (Å²) in [4.78, 5) is 6.06. The molecule has 1 N–H and O–H groups in total. The van der Waals surface area contributed by atoms with E-state index in [1.54, 1.807) is 0 Å². The molecule has 0 saturated heterocycles. The van der Waals surface area contributed by atoms with Crippen molar-refractivity contribution in [1.29, 1.82) is 0 Å². The molecular weight excluding hydrogens is 190 g/mol. The summed E-state index contributed by atoms with van der Waals surface area (Å²) in [6, 6.07) is 0.0337. The van der Waals surface area contributed by atoms with Crippen molar-refractivity contribution in [3.05, 3.63) is 11.8 Å². The van der Waals surface area contributed by atoms with E-state index in [0.717, 1.165) is 12.8 Å². The zero-order chi connectivity index (χ0) is 11.4. The Morgan fingerprint density at radius 3 is 2.73 bits per heavy atom. The van der Waals surface area contributed by atoms with E-state index in [1.165, 1.54) is 17.1 Å². The van der Waals surface area contributed by atoms with Crippen molar-refractivity contribution >= 4 is 5.96 Å². The van der Waals surface area contributed by atoms with Crippen molar-refractivity contribution in [3.63, 3.8) is 0 Å². The van der Waals surface area contributed by atoms with Gasteiger partial charge >= 0.3 is 0 Å². The van der Waals surface area contributed by atoms with Crippen LogP contribution in [0.1, 0.15) is 33.1 Å². The standard InChI is InChI=1S/C11H21N3O/c1-5-6-7-10-8-12-11(13(3)4)14(15)9(10)2/h8-9,15H,5-7H2,1-4H3. The van der Waals surface area contributed by atoms with Gasteiger partial charge in [0.25, 0.3) is 0 Å². The number of hydroxylamine groups is 2. The van der Waals surface area contributed by atoms with Gasteiger partial charge in [-0.1, -0.05) is 13.3 Å². The number of hydrogen-bond acceptors (Lipinski definition) is 4. The lowest BCUT2D eigenvalue weighted by atomic mass is 10.0. The third kappa shape index (κ3) is 2.72. The van der Waals surface area contributed by atoms with Crippen molar-refractivity contribution < 1.29 is 5.21 Å². The first-order valence-corrected chi connectivity index (χ1v) is 5.50. The summed E-state index contributed by atoms with van der Waals surface area (Å²) in [6.45, 7) is 4.17. The maximum Gasteiger partial charge on any atom is 0.225 e. The van der Waals surface area contributed by atoms with Crippen molar-refractivity contribution in [2.45, 2.75) is 39.2 Å². The molecule has 15 heavy (non-hydrogen) atoms. The molecular formula is C11H21N3O. The molecule has 0 aromatic heterocycles. The molecule has 0 spiro atoms. The first kappa shape index (κ1) is 12.0. The van der Waals surface area contributed by atoms with E-state index < -0.39 is 0 Å². The molecule has 0 aromatic carbocycles. The average molecular weight is 211 g/mol. The first-order valence-electron chi connectivity index (χ1n) is 5.50. The normalized spacial score (nSPS) is 21.1. The van der Waals surface area contributed by atoms with Crippen LogP contribution in [0, 0.1) is 0 Å². The van der Waals surface area contributed by atoms with Crippen LogP contribution in [0.5, 0.6) is 0 Å². The van der Waals surface area contributed by atoms with E-state index in [0.29, 0.717) is 5.96 Å². The van der Waals surface area contributed by atoms with Crippen LogP contribution in [0.4, 0.5) is 0 Å². The molecule has 86 valence electrons. The molecule has 1 atom stereocenters. The second-order valence-corrected chi connectivity index (χ2v) is 4.15. The molecule has 0 saturated carbocycles. The monoisotopic (exact) mass is 211 g/mol. The molecule has 0 aromatic rings. The summed E-state index contributed by atoms with van der Waals surface area (Å²) in [5.74, 6) is 0.600. The summed E-state index contributed by atoms with van der Waals surface area (Å²) in [5.41, 5.74) is 1.20. The Kier molecular flexibility index (Phi) is 4.15. The fourth-order valence-corrected chi connectivity index (χ4v) is 1.61. The highest BCUT2D eigenvalue weighted by atomic mass is 16.5. The van der Waals surface area contributed by atoms with Crippen LogP contribution in [-0.4, -0.2) is 41.3 Å². The van der Waals surface area contributed by atoms with E-state index in [9.17, 15) is 5.21 Å². The fraction of sp³-hybridized carbons (Fsp3) is 0.727. The predicted molar refractivity (Wildman–Crippen MR) is 61.8 cm³/mol. The number of hydrogen-bond donors (Lipinski definition) is 1. The lowest BCUT2D eigenvalue weighted by Crippen LogP contribution is -2.45. The van der Waals surface area contributed by atoms with Gasteiger partial charge in [-0.25, -0.2) is 10.1 Å². The van der Waals surface area contributed by atoms with E-state index in [-0.39, 0.29) is 6.04 Å². The molecule has 4 heteroatoms. The van der Waals surface area contributed by atoms with Crippen molar-refractivity contribution in [3.8, 4) is 0 Å². The minimum absolute atomic E-state index is 0.0337. The van der Waals surface area contributed by atoms with Crippen LogP contribution < -0.4 is 0 Å². The van der Waals surface area contributed by atoms with E-state index in [2.05, 4.69) is 11.9 Å². The van der Waals surface area contributed by atoms with Gasteiger partial charge < -0.3 is 4.90 Å². The number of aliphatic imine (C=N–C) groups is 1. The zero-order valence-corrected chi connectivity index (χ0v) is 10.1. The first-order chi connectivity index (χ1) is 7.07. The minimum atomic E-state index is 0.0337. The van der Waals surface area contributed by atoms with E-state index >= 15 is 0 Å². The van der Waals surface area contributed by atoms with Gasteiger partial charge in [-0.05, 0) is 25.3 Å². The maximum atomic E-state index is 9.90. The molecule has 1 aliphatic heterocycles. The SMILES string of the molecule is CCCCC1=CN=C(N(C)C)N(O)C1C. The topological polar surface area (TPSA) is 39.1 Å². The van der Waals surface area contributed by atoms with E-state index in [1.807, 2.05) is 32.1 Å². The molecule has 1 rings (SSSR count). The van der Waals surface area contributed by atoms with Crippen LogP contribution >= 0.6 is 0 Å². The summed E-state index contributed by atoms with van der Waals surface area (Å²) in [6.07, 6.45) is 5.22. The summed E-state index contributed by atoms with van der Waals surface area (Å²) in [5, 5.41) is 11.1. The van der Waals surface area contributed by atoms with Crippen LogP contribution in [-0.2, 0) is 0 Å². The van der Waals surface area contributed by atoms with Gasteiger partial charge in [-0.2, -0.15) is 0 Å². The van der Waals surface area contributed by atoms with Gasteiger partial charge in [-0.15, -0.1) is 0 Å². The lowest BCUT2D eigenvalue weighted by molar-refractivity contribution is -0.0496. The smallest absolute Gasteiger partial charge is 0.225 e. The fourth-order valence-electron chi connectivity index (χ4n) is 1.61. The van der Waals surface area contributed by atoms with Gasteiger partial charge in [0.1, 0.15) is 0 Å². The molecule has 0 radical (unpaired) electrons. The minimum Gasteiger partial charge on any atom is -0.347 e. The van der Waals surface area contributed by atoms with Crippen molar-refractivity contribution in [2.24, 2.45) is 4.99 Å². The summed E-state index contributed by atoms with van der Waals surface area (Å²) < 4.78 is 0. The highest BCUT2D eigenvalue weighted by molar-refractivity contribution is 5.80. The van der Waals surface area contributed by atoms with Crippen LogP contribution in [0.2, 0.25) is 0 Å². The average Bonchev–Trinajstić information content (AvgIpc) is 2.20.